The van der Waals surface area contributed by atoms with Crippen LogP contribution in [0, 0.1) is 5.82 Å². The highest BCUT2D eigenvalue weighted by atomic mass is 19.1. The van der Waals surface area contributed by atoms with E-state index in [-0.39, 0.29) is 35.7 Å². The molecule has 0 spiro atoms. The molecule has 1 unspecified atom stereocenters. The number of carbonyl (C=O) groups is 4. The molecule has 0 bridgehead atoms. The maximum absolute atomic E-state index is 14.6. The molecule has 3 aliphatic rings. The van der Waals surface area contributed by atoms with Crippen LogP contribution in [0.1, 0.15) is 46.4 Å². The molecule has 3 heterocycles. The van der Waals surface area contributed by atoms with E-state index < -0.39 is 35.5 Å². The van der Waals surface area contributed by atoms with Crippen LogP contribution in [0.2, 0.25) is 0 Å². The van der Waals surface area contributed by atoms with E-state index in [4.69, 9.17) is 5.73 Å². The number of rotatable bonds is 2. The van der Waals surface area contributed by atoms with Gasteiger partial charge in [0.15, 0.2) is 0 Å². The highest BCUT2D eigenvalue weighted by Gasteiger charge is 2.46. The fourth-order valence-electron chi connectivity index (χ4n) is 3.95. The topological polar surface area (TPSA) is 113 Å². The van der Waals surface area contributed by atoms with Crippen LogP contribution in [0.5, 0.6) is 0 Å². The van der Waals surface area contributed by atoms with Crippen molar-refractivity contribution in [1.29, 1.82) is 0 Å². The molecule has 8 nitrogen and oxygen atoms in total. The summed E-state index contributed by atoms with van der Waals surface area (Å²) in [7, 11) is 0. The third kappa shape index (κ3) is 2.78. The zero-order valence-corrected chi connectivity index (χ0v) is 14.5. The highest BCUT2D eigenvalue weighted by molar-refractivity contribution is 6.25. The molecule has 4 rings (SSSR count). The maximum atomic E-state index is 14.6. The molecule has 0 aliphatic carbocycles. The quantitative estimate of drug-likeness (QED) is 0.713. The lowest BCUT2D eigenvalue weighted by molar-refractivity contribution is -0.136. The van der Waals surface area contributed by atoms with E-state index >= 15 is 0 Å². The molecule has 1 aromatic rings. The smallest absolute Gasteiger partial charge is 0.264 e. The number of nitrogens with one attached hydrogen (secondary N) is 1. The second-order valence-corrected chi connectivity index (χ2v) is 7.09. The Morgan fingerprint density at radius 1 is 1.04 bits per heavy atom. The number of piperidine rings is 2. The summed E-state index contributed by atoms with van der Waals surface area (Å²) in [6.45, 7) is 0.961. The minimum Gasteiger partial charge on any atom is -0.368 e. The van der Waals surface area contributed by atoms with Gasteiger partial charge in [0.2, 0.25) is 11.8 Å². The number of anilines is 1. The second kappa shape index (κ2) is 6.41. The largest absolute Gasteiger partial charge is 0.368 e. The van der Waals surface area contributed by atoms with E-state index in [2.05, 4.69) is 5.32 Å². The summed E-state index contributed by atoms with van der Waals surface area (Å²) in [6.07, 6.45) is 1.41. The Bertz CT molecular complexity index is 863. The molecule has 3 aliphatic heterocycles. The zero-order valence-electron chi connectivity index (χ0n) is 14.5. The summed E-state index contributed by atoms with van der Waals surface area (Å²) in [5.74, 6) is -3.06. The number of nitrogens with zero attached hydrogens (tertiary/aromatic N) is 2. The van der Waals surface area contributed by atoms with E-state index in [1.807, 2.05) is 0 Å². The second-order valence-electron chi connectivity index (χ2n) is 7.09. The van der Waals surface area contributed by atoms with Crippen LogP contribution in [-0.4, -0.2) is 53.7 Å². The Morgan fingerprint density at radius 2 is 1.74 bits per heavy atom. The van der Waals surface area contributed by atoms with Gasteiger partial charge in [0.25, 0.3) is 11.8 Å². The molecule has 3 N–H and O–H groups in total. The van der Waals surface area contributed by atoms with Crippen molar-refractivity contribution in [2.24, 2.45) is 5.73 Å². The monoisotopic (exact) mass is 374 g/mol. The maximum Gasteiger partial charge on any atom is 0.264 e. The first-order valence-electron chi connectivity index (χ1n) is 8.93. The van der Waals surface area contributed by atoms with Gasteiger partial charge in [-0.1, -0.05) is 0 Å². The number of carbonyl (C=O) groups excluding carboxylic acids is 4. The summed E-state index contributed by atoms with van der Waals surface area (Å²) >= 11 is 0. The van der Waals surface area contributed by atoms with Gasteiger partial charge >= 0.3 is 0 Å². The van der Waals surface area contributed by atoms with Crippen LogP contribution >= 0.6 is 0 Å². The van der Waals surface area contributed by atoms with Crippen molar-refractivity contribution in [3.05, 3.63) is 29.1 Å². The van der Waals surface area contributed by atoms with Gasteiger partial charge in [0.1, 0.15) is 11.9 Å². The minimum absolute atomic E-state index is 0.0137. The molecule has 1 atom stereocenters. The van der Waals surface area contributed by atoms with Gasteiger partial charge in [-0.2, -0.15) is 0 Å². The number of nitrogens with two attached hydrogens (primary N) is 1. The van der Waals surface area contributed by atoms with Gasteiger partial charge in [-0.05, 0) is 31.4 Å². The molecule has 0 aromatic heterocycles. The average Bonchev–Trinajstić information content (AvgIpc) is 2.87. The number of hydrogen-bond acceptors (Lipinski definition) is 6. The molecule has 142 valence electrons. The summed E-state index contributed by atoms with van der Waals surface area (Å²) in [5.41, 5.74) is 6.06. The van der Waals surface area contributed by atoms with Gasteiger partial charge in [-0.3, -0.25) is 29.4 Å². The van der Waals surface area contributed by atoms with Gasteiger partial charge < -0.3 is 10.6 Å². The van der Waals surface area contributed by atoms with Crippen molar-refractivity contribution in [1.82, 2.24) is 10.2 Å². The molecular formula is C18H19FN4O4. The molecule has 27 heavy (non-hydrogen) atoms. The van der Waals surface area contributed by atoms with Crippen molar-refractivity contribution >= 4 is 29.3 Å². The van der Waals surface area contributed by atoms with Crippen LogP contribution in [0.25, 0.3) is 0 Å². The molecule has 2 fully saturated rings. The number of fused-ring (bicyclic) bond motifs is 1. The molecular weight excluding hydrogens is 355 g/mol. The fourth-order valence-corrected chi connectivity index (χ4v) is 3.95. The van der Waals surface area contributed by atoms with Crippen LogP contribution in [0.15, 0.2) is 12.1 Å². The number of imide groups is 2. The Morgan fingerprint density at radius 3 is 2.41 bits per heavy atom. The fraction of sp³-hybridized carbons (Fsp3) is 0.444. The molecule has 0 radical (unpaired) electrons. The lowest BCUT2D eigenvalue weighted by Gasteiger charge is -2.33. The van der Waals surface area contributed by atoms with Crippen LogP contribution in [0.4, 0.5) is 10.1 Å². The molecule has 1 aromatic carbocycles. The standard InChI is InChI=1S/C18H19FN4O4/c19-11-2-1-10-14(15(11)22-7-5-9(20)6-8-22)18(27)23(17(10)26)12-3-4-13(24)21-16(12)25/h1-2,9,12H,3-8,20H2,(H,21,24,25). The molecule has 9 heteroatoms. The van der Waals surface area contributed by atoms with Crippen LogP contribution < -0.4 is 16.0 Å². The van der Waals surface area contributed by atoms with E-state index in [0.29, 0.717) is 25.9 Å². The van der Waals surface area contributed by atoms with Gasteiger partial charge in [-0.25, -0.2) is 4.39 Å². The Kier molecular flexibility index (Phi) is 4.18. The van der Waals surface area contributed by atoms with E-state index in [1.165, 1.54) is 12.1 Å². The Balaban J connectivity index is 1.72. The van der Waals surface area contributed by atoms with E-state index in [1.54, 1.807) is 4.90 Å². The highest BCUT2D eigenvalue weighted by Crippen LogP contribution is 2.37. The molecule has 0 saturated carbocycles. The number of amides is 4. The molecule has 4 amide bonds. The first-order chi connectivity index (χ1) is 12.9. The third-order valence-electron chi connectivity index (χ3n) is 5.39. The summed E-state index contributed by atoms with van der Waals surface area (Å²) in [4.78, 5) is 51.9. The van der Waals surface area contributed by atoms with Crippen molar-refractivity contribution < 1.29 is 23.6 Å². The van der Waals surface area contributed by atoms with Gasteiger partial charge in [0.05, 0.1) is 16.8 Å². The van der Waals surface area contributed by atoms with Crippen molar-refractivity contribution in [3.63, 3.8) is 0 Å². The number of halogens is 1. The normalized spacial score (nSPS) is 23.7. The predicted octanol–water partition coefficient (Wildman–Crippen LogP) is 0.154. The van der Waals surface area contributed by atoms with Gasteiger partial charge in [-0.15, -0.1) is 0 Å². The lowest BCUT2D eigenvalue weighted by Crippen LogP contribution is -2.54. The Labute approximate surface area is 154 Å². The number of hydrogen-bond donors (Lipinski definition) is 2. The number of benzene rings is 1. The first kappa shape index (κ1) is 17.6. The SMILES string of the molecule is NC1CCN(c2c(F)ccc3c2C(=O)N(C2CCC(=O)NC2=O)C3=O)CC1. The predicted molar refractivity (Wildman–Crippen MR) is 92.5 cm³/mol. The Hall–Kier alpha value is -2.81. The minimum atomic E-state index is -1.07. The van der Waals surface area contributed by atoms with E-state index in [0.717, 1.165) is 4.90 Å². The van der Waals surface area contributed by atoms with Crippen molar-refractivity contribution in [2.45, 2.75) is 37.8 Å². The zero-order chi connectivity index (χ0) is 19.3. The molecule has 2 saturated heterocycles. The van der Waals surface area contributed by atoms with Crippen molar-refractivity contribution in [2.75, 3.05) is 18.0 Å². The van der Waals surface area contributed by atoms with Crippen molar-refractivity contribution in [3.8, 4) is 0 Å². The average molecular weight is 374 g/mol. The van der Waals surface area contributed by atoms with Crippen LogP contribution in [0.3, 0.4) is 0 Å². The summed E-state index contributed by atoms with van der Waals surface area (Å²) < 4.78 is 14.6. The lowest BCUT2D eigenvalue weighted by atomic mass is 10.0. The van der Waals surface area contributed by atoms with Gasteiger partial charge in [0, 0.05) is 25.6 Å². The third-order valence-corrected chi connectivity index (χ3v) is 5.39. The summed E-state index contributed by atoms with van der Waals surface area (Å²) in [5, 5.41) is 2.15. The van der Waals surface area contributed by atoms with Crippen LogP contribution in [-0.2, 0) is 9.59 Å². The summed E-state index contributed by atoms with van der Waals surface area (Å²) in [6, 6.07) is 1.40. The first-order valence-corrected chi connectivity index (χ1v) is 8.93. The van der Waals surface area contributed by atoms with E-state index in [9.17, 15) is 23.6 Å².